The number of carbonyl (C=O) groups is 1. The van der Waals surface area contributed by atoms with E-state index in [4.69, 9.17) is 0 Å². The average molecular weight is 332 g/mol. The zero-order valence-corrected chi connectivity index (χ0v) is 14.1. The zero-order chi connectivity index (χ0) is 17.0. The van der Waals surface area contributed by atoms with Gasteiger partial charge in [0.15, 0.2) is 0 Å². The maximum absolute atomic E-state index is 12.3. The molecule has 0 aliphatic heterocycles. The van der Waals surface area contributed by atoms with E-state index in [0.717, 1.165) is 11.3 Å². The maximum Gasteiger partial charge on any atom is 0.255 e. The van der Waals surface area contributed by atoms with Crippen LogP contribution < -0.4 is 10.0 Å². The average Bonchev–Trinajstić information content (AvgIpc) is 2.55. The van der Waals surface area contributed by atoms with Crippen molar-refractivity contribution in [1.82, 2.24) is 4.72 Å². The van der Waals surface area contributed by atoms with Gasteiger partial charge < -0.3 is 5.32 Å². The van der Waals surface area contributed by atoms with Gasteiger partial charge in [0, 0.05) is 11.3 Å². The molecule has 0 saturated carbocycles. The summed E-state index contributed by atoms with van der Waals surface area (Å²) in [5.74, 6) is 0.0150. The van der Waals surface area contributed by atoms with Crippen molar-refractivity contribution in [2.75, 3.05) is 12.4 Å². The summed E-state index contributed by atoms with van der Waals surface area (Å²) in [7, 11) is -2.15. The van der Waals surface area contributed by atoms with Gasteiger partial charge in [-0.2, -0.15) is 0 Å². The van der Waals surface area contributed by atoms with E-state index in [9.17, 15) is 13.2 Å². The summed E-state index contributed by atoms with van der Waals surface area (Å²) in [6.07, 6.45) is 0. The first-order valence-electron chi connectivity index (χ1n) is 7.29. The molecule has 0 saturated heterocycles. The standard InChI is InChI=1S/C17H20N2O3S/c1-12(2)15-6-4-5-7-16(15)19-17(20)13-8-10-14(11-9-13)23(21,22)18-3/h4-12,18H,1-3H3,(H,19,20). The Morgan fingerprint density at radius 2 is 1.61 bits per heavy atom. The molecule has 0 fully saturated rings. The molecule has 0 unspecified atom stereocenters. The fourth-order valence-corrected chi connectivity index (χ4v) is 2.94. The van der Waals surface area contributed by atoms with Gasteiger partial charge in [0.05, 0.1) is 4.90 Å². The van der Waals surface area contributed by atoms with Crippen LogP contribution in [0.15, 0.2) is 53.4 Å². The molecule has 5 nitrogen and oxygen atoms in total. The topological polar surface area (TPSA) is 75.3 Å². The molecule has 2 aromatic carbocycles. The molecule has 0 spiro atoms. The van der Waals surface area contributed by atoms with Gasteiger partial charge in [-0.1, -0.05) is 32.0 Å². The Balaban J connectivity index is 2.22. The summed E-state index contributed by atoms with van der Waals surface area (Å²) in [5, 5.41) is 2.88. The van der Waals surface area contributed by atoms with Crippen LogP contribution in [0.1, 0.15) is 35.7 Å². The van der Waals surface area contributed by atoms with Gasteiger partial charge in [0.1, 0.15) is 0 Å². The highest BCUT2D eigenvalue weighted by molar-refractivity contribution is 7.89. The quantitative estimate of drug-likeness (QED) is 0.884. The van der Waals surface area contributed by atoms with E-state index in [1.807, 2.05) is 24.3 Å². The molecule has 0 aliphatic rings. The van der Waals surface area contributed by atoms with Crippen molar-refractivity contribution >= 4 is 21.6 Å². The van der Waals surface area contributed by atoms with Crippen molar-refractivity contribution in [3.63, 3.8) is 0 Å². The van der Waals surface area contributed by atoms with Crippen LogP contribution in [0, 0.1) is 0 Å². The van der Waals surface area contributed by atoms with Gasteiger partial charge in [-0.25, -0.2) is 13.1 Å². The third kappa shape index (κ3) is 3.97. The highest BCUT2D eigenvalue weighted by Crippen LogP contribution is 2.24. The van der Waals surface area contributed by atoms with Crippen LogP contribution in [-0.2, 0) is 10.0 Å². The van der Waals surface area contributed by atoms with E-state index in [0.29, 0.717) is 5.56 Å². The van der Waals surface area contributed by atoms with Crippen molar-refractivity contribution in [1.29, 1.82) is 0 Å². The zero-order valence-electron chi connectivity index (χ0n) is 13.3. The van der Waals surface area contributed by atoms with Crippen molar-refractivity contribution in [2.24, 2.45) is 0 Å². The first kappa shape index (κ1) is 17.2. The molecule has 0 heterocycles. The molecule has 0 bridgehead atoms. The number of anilines is 1. The van der Waals surface area contributed by atoms with E-state index in [-0.39, 0.29) is 16.7 Å². The van der Waals surface area contributed by atoms with E-state index in [1.165, 1.54) is 31.3 Å². The normalized spacial score (nSPS) is 11.5. The minimum atomic E-state index is -3.50. The smallest absolute Gasteiger partial charge is 0.255 e. The number of hydrogen-bond acceptors (Lipinski definition) is 3. The first-order chi connectivity index (χ1) is 10.8. The summed E-state index contributed by atoms with van der Waals surface area (Å²) >= 11 is 0. The second-order valence-corrected chi connectivity index (χ2v) is 7.31. The van der Waals surface area contributed by atoms with Crippen molar-refractivity contribution in [2.45, 2.75) is 24.7 Å². The van der Waals surface area contributed by atoms with Crippen LogP contribution in [0.25, 0.3) is 0 Å². The molecule has 6 heteroatoms. The lowest BCUT2D eigenvalue weighted by molar-refractivity contribution is 0.102. The lowest BCUT2D eigenvalue weighted by atomic mass is 10.0. The number of nitrogens with one attached hydrogen (secondary N) is 2. The van der Waals surface area contributed by atoms with E-state index in [1.54, 1.807) is 0 Å². The molecule has 2 rings (SSSR count). The Bertz CT molecular complexity index is 797. The maximum atomic E-state index is 12.3. The third-order valence-electron chi connectivity index (χ3n) is 3.53. The monoisotopic (exact) mass is 332 g/mol. The van der Waals surface area contributed by atoms with E-state index < -0.39 is 10.0 Å². The number of para-hydroxylation sites is 1. The van der Waals surface area contributed by atoms with Gasteiger partial charge in [-0.15, -0.1) is 0 Å². The molecule has 0 atom stereocenters. The van der Waals surface area contributed by atoms with Crippen LogP contribution in [0.4, 0.5) is 5.69 Å². The summed E-state index contributed by atoms with van der Waals surface area (Å²) in [6, 6.07) is 13.4. The van der Waals surface area contributed by atoms with Crippen LogP contribution in [0.5, 0.6) is 0 Å². The number of amides is 1. The highest BCUT2D eigenvalue weighted by Gasteiger charge is 2.14. The van der Waals surface area contributed by atoms with Gasteiger partial charge in [0.2, 0.25) is 10.0 Å². The number of sulfonamides is 1. The summed E-state index contributed by atoms with van der Waals surface area (Å²) in [6.45, 7) is 4.12. The molecule has 0 aliphatic carbocycles. The fourth-order valence-electron chi connectivity index (χ4n) is 2.21. The SMILES string of the molecule is CNS(=O)(=O)c1ccc(C(=O)Nc2ccccc2C(C)C)cc1. The minimum Gasteiger partial charge on any atom is -0.322 e. The van der Waals surface area contributed by atoms with Crippen molar-refractivity contribution in [3.8, 4) is 0 Å². The van der Waals surface area contributed by atoms with E-state index >= 15 is 0 Å². The highest BCUT2D eigenvalue weighted by atomic mass is 32.2. The summed E-state index contributed by atoms with van der Waals surface area (Å²) in [4.78, 5) is 12.5. The molecule has 23 heavy (non-hydrogen) atoms. The third-order valence-corrected chi connectivity index (χ3v) is 4.96. The fraction of sp³-hybridized carbons (Fsp3) is 0.235. The number of carbonyl (C=O) groups excluding carboxylic acids is 1. The molecule has 0 radical (unpaired) electrons. The second kappa shape index (κ2) is 6.93. The van der Waals surface area contributed by atoms with Crippen molar-refractivity contribution in [3.05, 3.63) is 59.7 Å². The molecule has 2 N–H and O–H groups in total. The Hall–Kier alpha value is -2.18. The van der Waals surface area contributed by atoms with Crippen molar-refractivity contribution < 1.29 is 13.2 Å². The van der Waals surface area contributed by atoms with Gasteiger partial charge in [-0.05, 0) is 48.9 Å². The lowest BCUT2D eigenvalue weighted by Crippen LogP contribution is -2.19. The Morgan fingerprint density at radius 1 is 1.00 bits per heavy atom. The molecule has 1 amide bonds. The first-order valence-corrected chi connectivity index (χ1v) is 8.77. The second-order valence-electron chi connectivity index (χ2n) is 5.43. The minimum absolute atomic E-state index is 0.124. The predicted molar refractivity (Wildman–Crippen MR) is 91.2 cm³/mol. The van der Waals surface area contributed by atoms with Crippen LogP contribution in [0.2, 0.25) is 0 Å². The Labute approximate surface area is 136 Å². The van der Waals surface area contributed by atoms with Gasteiger partial charge in [0.25, 0.3) is 5.91 Å². The Morgan fingerprint density at radius 3 is 2.17 bits per heavy atom. The number of benzene rings is 2. The van der Waals surface area contributed by atoms with E-state index in [2.05, 4.69) is 23.9 Å². The molecule has 2 aromatic rings. The van der Waals surface area contributed by atoms with Gasteiger partial charge >= 0.3 is 0 Å². The van der Waals surface area contributed by atoms with Crippen LogP contribution in [-0.4, -0.2) is 21.4 Å². The summed E-state index contributed by atoms with van der Waals surface area (Å²) in [5.41, 5.74) is 2.22. The predicted octanol–water partition coefficient (Wildman–Crippen LogP) is 2.97. The molecular weight excluding hydrogens is 312 g/mol. The molecular formula is C17H20N2O3S. The largest absolute Gasteiger partial charge is 0.322 e. The van der Waals surface area contributed by atoms with Crippen LogP contribution >= 0.6 is 0 Å². The number of hydrogen-bond donors (Lipinski definition) is 2. The van der Waals surface area contributed by atoms with Gasteiger partial charge in [-0.3, -0.25) is 4.79 Å². The lowest BCUT2D eigenvalue weighted by Gasteiger charge is -2.13. The Kier molecular flexibility index (Phi) is 5.18. The summed E-state index contributed by atoms with van der Waals surface area (Å²) < 4.78 is 25.6. The molecule has 122 valence electrons. The molecule has 0 aromatic heterocycles. The van der Waals surface area contributed by atoms with Crippen LogP contribution in [0.3, 0.4) is 0 Å². The number of rotatable bonds is 5.